The summed E-state index contributed by atoms with van der Waals surface area (Å²) < 4.78 is 0. The lowest BCUT2D eigenvalue weighted by atomic mass is 10.7. The fourth-order valence-corrected chi connectivity index (χ4v) is 0.424. The molecule has 46 valence electrons. The number of nitrogens with one attached hydrogen (secondary N) is 1. The molecule has 1 N–H and O–H groups in total. The zero-order valence-electron chi connectivity index (χ0n) is 4.97. The zero-order valence-corrected chi connectivity index (χ0v) is 5.79. The SMILES string of the molecule is CNC=CC(=O)SC. The Morgan fingerprint density at radius 3 is 2.75 bits per heavy atom. The van der Waals surface area contributed by atoms with Crippen molar-refractivity contribution in [3.05, 3.63) is 12.3 Å². The molecule has 0 rings (SSSR count). The third kappa shape index (κ3) is 3.74. The monoisotopic (exact) mass is 131 g/mol. The van der Waals surface area contributed by atoms with E-state index in [0.717, 1.165) is 0 Å². The van der Waals surface area contributed by atoms with Crippen LogP contribution in [0.25, 0.3) is 0 Å². The van der Waals surface area contributed by atoms with Crippen LogP contribution in [-0.2, 0) is 4.79 Å². The van der Waals surface area contributed by atoms with Crippen LogP contribution in [0.4, 0.5) is 0 Å². The molecule has 3 heteroatoms. The van der Waals surface area contributed by atoms with Gasteiger partial charge in [0.25, 0.3) is 0 Å². The first-order valence-electron chi connectivity index (χ1n) is 2.23. The third-order valence-corrected chi connectivity index (χ3v) is 1.13. The molecule has 0 amide bonds. The number of carbonyl (C=O) groups is 1. The van der Waals surface area contributed by atoms with Gasteiger partial charge in [-0.3, -0.25) is 4.79 Å². The average molecular weight is 131 g/mol. The number of hydrogen-bond acceptors (Lipinski definition) is 3. The summed E-state index contributed by atoms with van der Waals surface area (Å²) in [6.45, 7) is 0. The van der Waals surface area contributed by atoms with E-state index < -0.39 is 0 Å². The predicted molar refractivity (Wildman–Crippen MR) is 36.7 cm³/mol. The van der Waals surface area contributed by atoms with Crippen LogP contribution >= 0.6 is 11.8 Å². The summed E-state index contributed by atoms with van der Waals surface area (Å²) in [6.07, 6.45) is 4.85. The van der Waals surface area contributed by atoms with Gasteiger partial charge >= 0.3 is 0 Å². The summed E-state index contributed by atoms with van der Waals surface area (Å²) in [7, 11) is 1.75. The van der Waals surface area contributed by atoms with E-state index in [1.807, 2.05) is 0 Å². The van der Waals surface area contributed by atoms with Gasteiger partial charge < -0.3 is 5.32 Å². The van der Waals surface area contributed by atoms with E-state index in [1.54, 1.807) is 19.5 Å². The lowest BCUT2D eigenvalue weighted by Gasteiger charge is -1.83. The molecule has 0 saturated heterocycles. The molecule has 0 saturated carbocycles. The summed E-state index contributed by atoms with van der Waals surface area (Å²) in [5.41, 5.74) is 0. The first-order chi connectivity index (χ1) is 3.81. The maximum atomic E-state index is 10.4. The van der Waals surface area contributed by atoms with Crippen LogP contribution in [0.2, 0.25) is 0 Å². The molecule has 0 heterocycles. The van der Waals surface area contributed by atoms with Gasteiger partial charge in [-0.05, 0) is 6.26 Å². The predicted octanol–water partition coefficient (Wildman–Crippen LogP) is 0.609. The normalized spacial score (nSPS) is 9.75. The molecule has 0 aliphatic carbocycles. The fraction of sp³-hybridized carbons (Fsp3) is 0.400. The molecule has 0 atom stereocenters. The Balaban J connectivity index is 3.37. The molecule has 0 fully saturated rings. The Kier molecular flexibility index (Phi) is 4.45. The number of thioether (sulfide) groups is 1. The van der Waals surface area contributed by atoms with E-state index in [2.05, 4.69) is 5.32 Å². The highest BCUT2D eigenvalue weighted by molar-refractivity contribution is 8.13. The van der Waals surface area contributed by atoms with Crippen LogP contribution in [-0.4, -0.2) is 18.4 Å². The number of carbonyl (C=O) groups excluding carboxylic acids is 1. The Hall–Kier alpha value is -0.440. The third-order valence-electron chi connectivity index (χ3n) is 0.587. The van der Waals surface area contributed by atoms with Crippen molar-refractivity contribution < 1.29 is 4.79 Å². The highest BCUT2D eigenvalue weighted by atomic mass is 32.2. The van der Waals surface area contributed by atoms with Gasteiger partial charge in [0.1, 0.15) is 0 Å². The van der Waals surface area contributed by atoms with Crippen LogP contribution in [0.5, 0.6) is 0 Å². The molecule has 0 aromatic carbocycles. The van der Waals surface area contributed by atoms with Crippen molar-refractivity contribution in [1.82, 2.24) is 5.32 Å². The molecular formula is C5H9NOS. The summed E-state index contributed by atoms with van der Waals surface area (Å²) in [4.78, 5) is 10.4. The van der Waals surface area contributed by atoms with Gasteiger partial charge in [0, 0.05) is 19.3 Å². The molecule has 2 nitrogen and oxygen atoms in total. The van der Waals surface area contributed by atoms with Gasteiger partial charge in [0.2, 0.25) is 5.12 Å². The van der Waals surface area contributed by atoms with Crippen LogP contribution in [0, 0.1) is 0 Å². The lowest BCUT2D eigenvalue weighted by Crippen LogP contribution is -1.93. The van der Waals surface area contributed by atoms with Crippen molar-refractivity contribution in [3.63, 3.8) is 0 Å². The number of hydrogen-bond donors (Lipinski definition) is 1. The molecule has 0 radical (unpaired) electrons. The summed E-state index contributed by atoms with van der Waals surface area (Å²) in [5.74, 6) is 0. The van der Waals surface area contributed by atoms with Gasteiger partial charge in [-0.2, -0.15) is 0 Å². The average Bonchev–Trinajstić information content (AvgIpc) is 1.83. The van der Waals surface area contributed by atoms with Crippen LogP contribution < -0.4 is 5.32 Å². The van der Waals surface area contributed by atoms with Gasteiger partial charge in [0.15, 0.2) is 0 Å². The van der Waals surface area contributed by atoms with Crippen molar-refractivity contribution in [2.24, 2.45) is 0 Å². The molecule has 0 aromatic heterocycles. The summed E-state index contributed by atoms with van der Waals surface area (Å²) in [5, 5.41) is 2.79. The van der Waals surface area contributed by atoms with Gasteiger partial charge in [-0.15, -0.1) is 0 Å². The van der Waals surface area contributed by atoms with Crippen molar-refractivity contribution in [2.45, 2.75) is 0 Å². The molecular weight excluding hydrogens is 122 g/mol. The quantitative estimate of drug-likeness (QED) is 0.557. The molecule has 0 aliphatic heterocycles. The van der Waals surface area contributed by atoms with Crippen molar-refractivity contribution in [2.75, 3.05) is 13.3 Å². The highest BCUT2D eigenvalue weighted by Gasteiger charge is 1.85. The first-order valence-corrected chi connectivity index (χ1v) is 3.45. The van der Waals surface area contributed by atoms with Crippen LogP contribution in [0.15, 0.2) is 12.3 Å². The van der Waals surface area contributed by atoms with E-state index >= 15 is 0 Å². The zero-order chi connectivity index (χ0) is 6.41. The minimum absolute atomic E-state index is 0.0688. The molecule has 0 unspecified atom stereocenters. The van der Waals surface area contributed by atoms with Gasteiger partial charge in [-0.1, -0.05) is 11.8 Å². The van der Waals surface area contributed by atoms with Crippen molar-refractivity contribution >= 4 is 16.9 Å². The topological polar surface area (TPSA) is 29.1 Å². The second kappa shape index (κ2) is 4.71. The summed E-state index contributed by atoms with van der Waals surface area (Å²) >= 11 is 1.20. The minimum Gasteiger partial charge on any atom is -0.394 e. The highest BCUT2D eigenvalue weighted by Crippen LogP contribution is 1.93. The Bertz CT molecular complexity index is 101. The molecule has 0 bridgehead atoms. The molecule has 0 spiro atoms. The molecule has 0 aliphatic rings. The molecule has 8 heavy (non-hydrogen) atoms. The van der Waals surface area contributed by atoms with Crippen LogP contribution in [0.1, 0.15) is 0 Å². The number of rotatable bonds is 2. The smallest absolute Gasteiger partial charge is 0.213 e. The van der Waals surface area contributed by atoms with E-state index in [4.69, 9.17) is 0 Å². The van der Waals surface area contributed by atoms with E-state index in [9.17, 15) is 4.79 Å². The second-order valence-electron chi connectivity index (χ2n) is 1.15. The molecule has 0 aromatic rings. The fourth-order valence-electron chi connectivity index (χ4n) is 0.219. The minimum atomic E-state index is 0.0688. The standard InChI is InChI=1S/C5H9NOS/c1-6-4-3-5(7)8-2/h3-4,6H,1-2H3. The Labute approximate surface area is 53.3 Å². The van der Waals surface area contributed by atoms with Crippen molar-refractivity contribution in [1.29, 1.82) is 0 Å². The lowest BCUT2D eigenvalue weighted by molar-refractivity contribution is -0.107. The van der Waals surface area contributed by atoms with E-state index in [0.29, 0.717) is 0 Å². The largest absolute Gasteiger partial charge is 0.394 e. The van der Waals surface area contributed by atoms with Gasteiger partial charge in [0.05, 0.1) is 0 Å². The first kappa shape index (κ1) is 7.56. The van der Waals surface area contributed by atoms with E-state index in [-0.39, 0.29) is 5.12 Å². The summed E-state index contributed by atoms with van der Waals surface area (Å²) in [6, 6.07) is 0. The van der Waals surface area contributed by atoms with Gasteiger partial charge in [-0.25, -0.2) is 0 Å². The van der Waals surface area contributed by atoms with E-state index in [1.165, 1.54) is 17.8 Å². The maximum absolute atomic E-state index is 10.4. The maximum Gasteiger partial charge on any atom is 0.213 e. The van der Waals surface area contributed by atoms with Crippen molar-refractivity contribution in [3.8, 4) is 0 Å². The van der Waals surface area contributed by atoms with Crippen LogP contribution in [0.3, 0.4) is 0 Å². The Morgan fingerprint density at radius 1 is 1.75 bits per heavy atom. The second-order valence-corrected chi connectivity index (χ2v) is 1.96. The Morgan fingerprint density at radius 2 is 2.38 bits per heavy atom.